The van der Waals surface area contributed by atoms with E-state index in [4.69, 9.17) is 32.7 Å². The highest BCUT2D eigenvalue weighted by molar-refractivity contribution is 6.31. The Bertz CT molecular complexity index is 3250. The van der Waals surface area contributed by atoms with Crippen molar-refractivity contribution < 1.29 is 23.5 Å². The Balaban J connectivity index is 0.000000209. The topological polar surface area (TPSA) is 181 Å². The van der Waals surface area contributed by atoms with Crippen LogP contribution in [0.15, 0.2) is 73.8 Å². The predicted molar refractivity (Wildman–Crippen MR) is 275 cm³/mol. The number of nitrogens with zero attached hydrogens (tertiary/aromatic N) is 8. The Kier molecular flexibility index (Phi) is 15.3. The maximum Gasteiger partial charge on any atom is 0.407 e. The molecule has 0 bridgehead atoms. The summed E-state index contributed by atoms with van der Waals surface area (Å²) in [6, 6.07) is 16.1. The van der Waals surface area contributed by atoms with Crippen LogP contribution in [-0.4, -0.2) is 89.1 Å². The molecule has 2 aromatic carbocycles. The molecule has 0 radical (unpaired) electrons. The Morgan fingerprint density at radius 1 is 0.634 bits per heavy atom. The molecule has 382 valence electrons. The number of hydrogen-bond donors (Lipinski definition) is 2. The molecule has 18 nitrogen and oxygen atoms in total. The van der Waals surface area contributed by atoms with Crippen molar-refractivity contribution in [3.63, 3.8) is 0 Å². The molecule has 6 aromatic rings. The smallest absolute Gasteiger partial charge is 0.407 e. The van der Waals surface area contributed by atoms with Crippen LogP contribution in [0.2, 0.25) is 10.0 Å². The van der Waals surface area contributed by atoms with Gasteiger partial charge in [-0.15, -0.1) is 0 Å². The van der Waals surface area contributed by atoms with E-state index in [9.17, 15) is 28.8 Å². The van der Waals surface area contributed by atoms with Crippen molar-refractivity contribution in [1.29, 1.82) is 0 Å². The molecule has 8 rings (SSSR count). The van der Waals surface area contributed by atoms with Crippen molar-refractivity contribution >= 4 is 69.1 Å². The van der Waals surface area contributed by atoms with Gasteiger partial charge in [0.2, 0.25) is 0 Å². The SMILES string of the molecule is Cn1c(=O)c2c(c(F)c(N3CCC[C@@H](NC(=O)OC(C)(C)C)C3)n2Cc2ccccc2Cl)n(C)c1=O.Cn1c(=O)c2c(cc(N3CCC[C@@H](NC(=O)OC(C)(C)C)C3)n2Cc2ccccc2Cl)n(C)c1=O. The van der Waals surface area contributed by atoms with Gasteiger partial charge in [-0.3, -0.25) is 27.9 Å². The number of benzene rings is 2. The van der Waals surface area contributed by atoms with Crippen LogP contribution in [0.4, 0.5) is 25.6 Å². The second kappa shape index (κ2) is 20.7. The van der Waals surface area contributed by atoms with E-state index >= 15 is 4.39 Å². The number of anilines is 2. The van der Waals surface area contributed by atoms with E-state index in [-0.39, 0.29) is 46.7 Å². The Morgan fingerprint density at radius 3 is 1.59 bits per heavy atom. The Labute approximate surface area is 420 Å². The van der Waals surface area contributed by atoms with Crippen LogP contribution in [0.25, 0.3) is 22.1 Å². The molecule has 0 spiro atoms. The molecule has 2 amide bonds. The molecule has 71 heavy (non-hydrogen) atoms. The minimum absolute atomic E-state index is 0.0626. The van der Waals surface area contributed by atoms with Crippen molar-refractivity contribution in [2.45, 2.75) is 104 Å². The van der Waals surface area contributed by atoms with Gasteiger partial charge in [-0.25, -0.2) is 23.6 Å². The molecule has 0 unspecified atom stereocenters. The maximum absolute atomic E-state index is 16.1. The number of aryl methyl sites for hydroxylation is 2. The first kappa shape index (κ1) is 52.4. The van der Waals surface area contributed by atoms with Crippen LogP contribution in [0.5, 0.6) is 0 Å². The fraction of sp³-hybridized carbons (Fsp3) is 0.480. The number of aromatic nitrogens is 6. The lowest BCUT2D eigenvalue weighted by Crippen LogP contribution is -2.49. The van der Waals surface area contributed by atoms with Crippen LogP contribution in [0.3, 0.4) is 0 Å². The number of fused-ring (bicyclic) bond motifs is 2. The summed E-state index contributed by atoms with van der Waals surface area (Å²) in [5.74, 6) is 0.320. The Morgan fingerprint density at radius 2 is 1.08 bits per heavy atom. The van der Waals surface area contributed by atoms with Crippen LogP contribution in [0, 0.1) is 5.82 Å². The lowest BCUT2D eigenvalue weighted by atomic mass is 10.1. The standard InChI is InChI=1S/C25H31ClFN5O4.C25H32ClN5O4/c1-25(2,3)36-23(34)28-16-10-8-12-31(14-16)21-18(27)19-20(22(33)30(5)24(35)29(19)4)32(21)13-15-9-6-7-11-17(15)26;1-25(2,3)35-23(33)27-17-10-8-12-30(15-17)20-13-19-21(22(32)29(5)24(34)28(19)4)31(20)14-16-9-6-7-11-18(16)26/h6-7,9,11,16H,8,10,12-14H2,1-5H3,(H,28,34);6-7,9,11,13,17H,8,10,12,14-15H2,1-5H3,(H,27,33)/t16-;17-/m11/s1. The summed E-state index contributed by atoms with van der Waals surface area (Å²) in [6.45, 7) is 13.5. The zero-order valence-electron chi connectivity index (χ0n) is 41.9. The van der Waals surface area contributed by atoms with Gasteiger partial charge in [0.1, 0.15) is 39.4 Å². The monoisotopic (exact) mass is 1020 g/mol. The van der Waals surface area contributed by atoms with Gasteiger partial charge in [-0.1, -0.05) is 59.6 Å². The van der Waals surface area contributed by atoms with Crippen LogP contribution in [0.1, 0.15) is 78.4 Å². The minimum atomic E-state index is -0.660. The first-order chi connectivity index (χ1) is 33.3. The first-order valence-corrected chi connectivity index (χ1v) is 24.3. The molecule has 2 fully saturated rings. The van der Waals surface area contributed by atoms with Crippen LogP contribution >= 0.6 is 23.2 Å². The van der Waals surface area contributed by atoms with Gasteiger partial charge in [-0.2, -0.15) is 0 Å². The number of hydrogen-bond acceptors (Lipinski definition) is 10. The zero-order valence-corrected chi connectivity index (χ0v) is 43.4. The van der Waals surface area contributed by atoms with Crippen molar-refractivity contribution in [2.75, 3.05) is 36.0 Å². The average Bonchev–Trinajstić information content (AvgIpc) is 3.81. The molecule has 2 atom stereocenters. The maximum atomic E-state index is 16.1. The van der Waals surface area contributed by atoms with E-state index in [2.05, 4.69) is 15.5 Å². The molecule has 0 aliphatic carbocycles. The van der Waals surface area contributed by atoms with Gasteiger partial charge in [0, 0.05) is 82.6 Å². The van der Waals surface area contributed by atoms with E-state index in [0.717, 1.165) is 44.5 Å². The third kappa shape index (κ3) is 11.4. The second-order valence-corrected chi connectivity index (χ2v) is 21.0. The van der Waals surface area contributed by atoms with Gasteiger partial charge in [0.05, 0.1) is 18.6 Å². The van der Waals surface area contributed by atoms with E-state index in [1.54, 1.807) is 44.5 Å². The third-order valence-electron chi connectivity index (χ3n) is 12.5. The highest BCUT2D eigenvalue weighted by Crippen LogP contribution is 2.34. The first-order valence-electron chi connectivity index (χ1n) is 23.6. The number of amides is 2. The lowest BCUT2D eigenvalue weighted by Gasteiger charge is -2.35. The number of alkyl carbamates (subject to hydrolysis) is 2. The number of rotatable bonds is 8. The number of ether oxygens (including phenoxy) is 2. The third-order valence-corrected chi connectivity index (χ3v) is 13.3. The fourth-order valence-corrected chi connectivity index (χ4v) is 9.64. The molecule has 2 aliphatic heterocycles. The summed E-state index contributed by atoms with van der Waals surface area (Å²) in [6.07, 6.45) is 2.07. The molecule has 21 heteroatoms. The molecule has 6 heterocycles. The quantitative estimate of drug-likeness (QED) is 0.169. The van der Waals surface area contributed by atoms with Crippen molar-refractivity contribution in [3.8, 4) is 0 Å². The number of piperidine rings is 2. The number of halogens is 3. The normalized spacial score (nSPS) is 16.5. The molecular weight excluding hydrogens is 959 g/mol. The number of carbonyl (C=O) groups is 2. The van der Waals surface area contributed by atoms with E-state index in [1.807, 2.05) is 72.7 Å². The highest BCUT2D eigenvalue weighted by atomic mass is 35.5. The van der Waals surface area contributed by atoms with Crippen LogP contribution in [-0.2, 0) is 50.8 Å². The number of carbonyl (C=O) groups excluding carboxylic acids is 2. The van der Waals surface area contributed by atoms with E-state index in [1.165, 1.54) is 25.7 Å². The lowest BCUT2D eigenvalue weighted by molar-refractivity contribution is 0.0488. The molecule has 4 aromatic heterocycles. The molecule has 0 saturated carbocycles. The van der Waals surface area contributed by atoms with Gasteiger partial charge in [0.25, 0.3) is 11.1 Å². The van der Waals surface area contributed by atoms with Crippen molar-refractivity contribution in [2.24, 2.45) is 28.2 Å². The molecule has 2 saturated heterocycles. The zero-order chi connectivity index (χ0) is 51.9. The average molecular weight is 1020 g/mol. The van der Waals surface area contributed by atoms with Gasteiger partial charge in [-0.05, 0) is 90.5 Å². The summed E-state index contributed by atoms with van der Waals surface area (Å²) < 4.78 is 35.2. The molecule has 2 aliphatic rings. The van der Waals surface area contributed by atoms with Gasteiger partial charge < -0.3 is 39.0 Å². The molecular formula is C50H63Cl2FN10O8. The van der Waals surface area contributed by atoms with E-state index < -0.39 is 40.5 Å². The van der Waals surface area contributed by atoms with Gasteiger partial charge in [0.15, 0.2) is 5.82 Å². The number of nitrogens with one attached hydrogen (secondary N) is 2. The van der Waals surface area contributed by atoms with Gasteiger partial charge >= 0.3 is 23.6 Å². The van der Waals surface area contributed by atoms with E-state index in [0.29, 0.717) is 65.7 Å². The highest BCUT2D eigenvalue weighted by Gasteiger charge is 2.33. The summed E-state index contributed by atoms with van der Waals surface area (Å²) >= 11 is 12.9. The molecule has 2 N–H and O–H groups in total. The predicted octanol–water partition coefficient (Wildman–Crippen LogP) is 6.61. The fourth-order valence-electron chi connectivity index (χ4n) is 9.25. The summed E-state index contributed by atoms with van der Waals surface area (Å²) in [7, 11) is 5.96. The van der Waals surface area contributed by atoms with Crippen molar-refractivity contribution in [1.82, 2.24) is 38.0 Å². The second-order valence-electron chi connectivity index (χ2n) is 20.2. The van der Waals surface area contributed by atoms with Crippen molar-refractivity contribution in [3.05, 3.63) is 123 Å². The Hall–Kier alpha value is -6.47. The largest absolute Gasteiger partial charge is 0.444 e. The minimum Gasteiger partial charge on any atom is -0.444 e. The summed E-state index contributed by atoms with van der Waals surface area (Å²) in [4.78, 5) is 80.4. The summed E-state index contributed by atoms with van der Waals surface area (Å²) in [5.41, 5.74) is -0.592. The summed E-state index contributed by atoms with van der Waals surface area (Å²) in [5, 5.41) is 6.93. The van der Waals surface area contributed by atoms with Crippen LogP contribution < -0.4 is 42.9 Å².